The minimum Gasteiger partial charge on any atom is -0.370 e. The molecule has 2 N–H and O–H groups in total. The average molecular weight is 292 g/mol. The van der Waals surface area contributed by atoms with Crippen molar-refractivity contribution >= 4 is 17.4 Å². The van der Waals surface area contributed by atoms with Crippen LogP contribution in [0.1, 0.15) is 43.5 Å². The van der Waals surface area contributed by atoms with E-state index in [-0.39, 0.29) is 17.3 Å². The zero-order chi connectivity index (χ0) is 15.4. The lowest BCUT2D eigenvalue weighted by molar-refractivity contribution is -0.385. The van der Waals surface area contributed by atoms with Crippen molar-refractivity contribution in [2.45, 2.75) is 39.2 Å². The van der Waals surface area contributed by atoms with Crippen molar-refractivity contribution in [3.05, 3.63) is 27.9 Å². The van der Waals surface area contributed by atoms with Crippen LogP contribution in [-0.2, 0) is 0 Å². The number of amides is 1. The minimum atomic E-state index is -0.574. The molecule has 1 amide bonds. The third kappa shape index (κ3) is 3.68. The number of carbonyl (C=O) groups is 1. The van der Waals surface area contributed by atoms with Gasteiger partial charge in [-0.15, -0.1) is 0 Å². The van der Waals surface area contributed by atoms with Gasteiger partial charge in [-0.05, 0) is 32.1 Å². The number of anilines is 1. The SMILES string of the molecule is CCNc1cc(C(=O)NC2CCC(C)C2)c([N+](=O)[O-])cn1. The highest BCUT2D eigenvalue weighted by atomic mass is 16.6. The Morgan fingerprint density at radius 3 is 2.86 bits per heavy atom. The molecule has 21 heavy (non-hydrogen) atoms. The van der Waals surface area contributed by atoms with Gasteiger partial charge in [0.15, 0.2) is 0 Å². The van der Waals surface area contributed by atoms with E-state index in [2.05, 4.69) is 22.5 Å². The molecule has 1 aromatic heterocycles. The van der Waals surface area contributed by atoms with E-state index in [0.717, 1.165) is 25.5 Å². The minimum absolute atomic E-state index is 0.0607. The molecule has 1 aromatic rings. The summed E-state index contributed by atoms with van der Waals surface area (Å²) in [7, 11) is 0. The van der Waals surface area contributed by atoms with Crippen LogP contribution in [0, 0.1) is 16.0 Å². The van der Waals surface area contributed by atoms with Gasteiger partial charge in [0, 0.05) is 18.7 Å². The van der Waals surface area contributed by atoms with E-state index in [4.69, 9.17) is 0 Å². The van der Waals surface area contributed by atoms with Gasteiger partial charge in [-0.2, -0.15) is 0 Å². The first kappa shape index (κ1) is 15.2. The number of rotatable bonds is 5. The van der Waals surface area contributed by atoms with Crippen molar-refractivity contribution < 1.29 is 9.72 Å². The molecule has 7 heteroatoms. The lowest BCUT2D eigenvalue weighted by Crippen LogP contribution is -2.33. The van der Waals surface area contributed by atoms with Crippen molar-refractivity contribution in [2.75, 3.05) is 11.9 Å². The average Bonchev–Trinajstić information content (AvgIpc) is 2.84. The van der Waals surface area contributed by atoms with Crippen LogP contribution < -0.4 is 10.6 Å². The lowest BCUT2D eigenvalue weighted by Gasteiger charge is -2.13. The number of pyridine rings is 1. The molecule has 2 rings (SSSR count). The van der Waals surface area contributed by atoms with E-state index in [1.165, 1.54) is 6.07 Å². The summed E-state index contributed by atoms with van der Waals surface area (Å²) >= 11 is 0. The smallest absolute Gasteiger partial charge is 0.300 e. The number of aromatic nitrogens is 1. The fraction of sp³-hybridized carbons (Fsp3) is 0.571. The second kappa shape index (κ2) is 6.51. The summed E-state index contributed by atoms with van der Waals surface area (Å²) in [6, 6.07) is 1.54. The molecule has 0 aliphatic heterocycles. The predicted molar refractivity (Wildman–Crippen MR) is 79.3 cm³/mol. The Labute approximate surface area is 123 Å². The topological polar surface area (TPSA) is 97.2 Å². The maximum absolute atomic E-state index is 12.3. The molecule has 1 heterocycles. The van der Waals surface area contributed by atoms with Crippen molar-refractivity contribution in [3.8, 4) is 0 Å². The summed E-state index contributed by atoms with van der Waals surface area (Å²) in [5.41, 5.74) is -0.203. The van der Waals surface area contributed by atoms with E-state index in [0.29, 0.717) is 18.3 Å². The van der Waals surface area contributed by atoms with Crippen LogP contribution in [-0.4, -0.2) is 28.4 Å². The Balaban J connectivity index is 2.20. The highest BCUT2D eigenvalue weighted by Crippen LogP contribution is 2.26. The highest BCUT2D eigenvalue weighted by Gasteiger charge is 2.27. The van der Waals surface area contributed by atoms with Gasteiger partial charge in [0.25, 0.3) is 11.6 Å². The van der Waals surface area contributed by atoms with Gasteiger partial charge in [-0.1, -0.05) is 6.92 Å². The molecular weight excluding hydrogens is 272 g/mol. The standard InChI is InChI=1S/C14H20N4O3/c1-3-15-13-7-11(12(8-16-13)18(20)21)14(19)17-10-5-4-9(2)6-10/h7-10H,3-6H2,1-2H3,(H,15,16)(H,17,19). The first-order valence-corrected chi connectivity index (χ1v) is 7.20. The van der Waals surface area contributed by atoms with Gasteiger partial charge in [-0.3, -0.25) is 14.9 Å². The number of hydrogen-bond donors (Lipinski definition) is 2. The number of carbonyl (C=O) groups excluding carboxylic acids is 1. The summed E-state index contributed by atoms with van der Waals surface area (Å²) < 4.78 is 0. The normalized spacial score (nSPS) is 21.0. The Hall–Kier alpha value is -2.18. The van der Waals surface area contributed by atoms with Crippen molar-refractivity contribution in [3.63, 3.8) is 0 Å². The van der Waals surface area contributed by atoms with Crippen LogP contribution >= 0.6 is 0 Å². The molecule has 1 saturated carbocycles. The Morgan fingerprint density at radius 1 is 1.52 bits per heavy atom. The van der Waals surface area contributed by atoms with Crippen LogP contribution in [0.3, 0.4) is 0 Å². The van der Waals surface area contributed by atoms with Gasteiger partial charge >= 0.3 is 0 Å². The van der Waals surface area contributed by atoms with Gasteiger partial charge < -0.3 is 10.6 Å². The fourth-order valence-electron chi connectivity index (χ4n) is 2.65. The summed E-state index contributed by atoms with van der Waals surface area (Å²) in [5.74, 6) is 0.649. The third-order valence-electron chi connectivity index (χ3n) is 3.71. The van der Waals surface area contributed by atoms with Gasteiger partial charge in [0.2, 0.25) is 0 Å². The Bertz CT molecular complexity index is 547. The van der Waals surface area contributed by atoms with Gasteiger partial charge in [0.1, 0.15) is 17.6 Å². The molecule has 1 fully saturated rings. The zero-order valence-electron chi connectivity index (χ0n) is 12.3. The van der Waals surface area contributed by atoms with Crippen LogP contribution in [0.5, 0.6) is 0 Å². The molecule has 2 unspecified atom stereocenters. The van der Waals surface area contributed by atoms with E-state index < -0.39 is 10.8 Å². The molecule has 0 bridgehead atoms. The number of nitro groups is 1. The molecule has 1 aliphatic carbocycles. The molecule has 0 saturated heterocycles. The first-order valence-electron chi connectivity index (χ1n) is 7.20. The van der Waals surface area contributed by atoms with Crippen molar-refractivity contribution in [1.82, 2.24) is 10.3 Å². The summed E-state index contributed by atoms with van der Waals surface area (Å²) in [6.07, 6.45) is 4.05. The molecular formula is C14H20N4O3. The van der Waals surface area contributed by atoms with Crippen LogP contribution in [0.25, 0.3) is 0 Å². The summed E-state index contributed by atoms with van der Waals surface area (Å²) in [6.45, 7) is 4.67. The van der Waals surface area contributed by atoms with E-state index in [1.54, 1.807) is 0 Å². The molecule has 0 radical (unpaired) electrons. The molecule has 1 aliphatic rings. The molecule has 7 nitrogen and oxygen atoms in total. The van der Waals surface area contributed by atoms with Crippen molar-refractivity contribution in [2.24, 2.45) is 5.92 Å². The maximum Gasteiger partial charge on any atom is 0.300 e. The third-order valence-corrected chi connectivity index (χ3v) is 3.71. The van der Waals surface area contributed by atoms with Crippen LogP contribution in [0.15, 0.2) is 12.3 Å². The Morgan fingerprint density at radius 2 is 2.29 bits per heavy atom. The highest BCUT2D eigenvalue weighted by molar-refractivity contribution is 5.98. The summed E-state index contributed by atoms with van der Waals surface area (Å²) in [4.78, 5) is 26.7. The monoisotopic (exact) mass is 292 g/mol. The molecule has 114 valence electrons. The second-order valence-electron chi connectivity index (χ2n) is 5.46. The molecule has 0 aromatic carbocycles. The molecule has 0 spiro atoms. The second-order valence-corrected chi connectivity index (χ2v) is 5.46. The van der Waals surface area contributed by atoms with Crippen LogP contribution in [0.2, 0.25) is 0 Å². The fourth-order valence-corrected chi connectivity index (χ4v) is 2.65. The van der Waals surface area contributed by atoms with Crippen LogP contribution in [0.4, 0.5) is 11.5 Å². The van der Waals surface area contributed by atoms with Gasteiger partial charge in [0.05, 0.1) is 4.92 Å². The number of nitrogens with one attached hydrogen (secondary N) is 2. The lowest BCUT2D eigenvalue weighted by atomic mass is 10.1. The van der Waals surface area contributed by atoms with Crippen molar-refractivity contribution in [1.29, 1.82) is 0 Å². The van der Waals surface area contributed by atoms with E-state index in [1.807, 2.05) is 6.92 Å². The molecule has 2 atom stereocenters. The maximum atomic E-state index is 12.3. The largest absolute Gasteiger partial charge is 0.370 e. The number of hydrogen-bond acceptors (Lipinski definition) is 5. The summed E-state index contributed by atoms with van der Waals surface area (Å²) in [5, 5.41) is 16.9. The Kier molecular flexibility index (Phi) is 4.72. The zero-order valence-corrected chi connectivity index (χ0v) is 12.3. The van der Waals surface area contributed by atoms with Gasteiger partial charge in [-0.25, -0.2) is 4.98 Å². The first-order chi connectivity index (χ1) is 10.0. The quantitative estimate of drug-likeness (QED) is 0.641. The van der Waals surface area contributed by atoms with E-state index >= 15 is 0 Å². The number of nitrogens with zero attached hydrogens (tertiary/aromatic N) is 2. The van der Waals surface area contributed by atoms with E-state index in [9.17, 15) is 14.9 Å². The predicted octanol–water partition coefficient (Wildman–Crippen LogP) is 2.34.